The molecular formula is C13H24N2O4. The number of hydrogen-bond donors (Lipinski definition) is 3. The molecule has 0 aliphatic carbocycles. The zero-order valence-electron chi connectivity index (χ0n) is 11.9. The second kappa shape index (κ2) is 6.75. The van der Waals surface area contributed by atoms with Crippen molar-refractivity contribution in [1.82, 2.24) is 10.6 Å². The fraction of sp³-hybridized carbons (Fsp3) is 0.846. The van der Waals surface area contributed by atoms with E-state index in [4.69, 9.17) is 9.84 Å². The normalized spacial score (nSPS) is 23.7. The van der Waals surface area contributed by atoms with Crippen molar-refractivity contribution in [2.45, 2.75) is 51.7 Å². The van der Waals surface area contributed by atoms with Gasteiger partial charge in [-0.3, -0.25) is 4.79 Å². The van der Waals surface area contributed by atoms with E-state index >= 15 is 0 Å². The highest BCUT2D eigenvalue weighted by molar-refractivity contribution is 5.70. The summed E-state index contributed by atoms with van der Waals surface area (Å²) in [5, 5.41) is 14.9. The molecule has 0 saturated carbocycles. The van der Waals surface area contributed by atoms with Crippen LogP contribution in [-0.2, 0) is 9.53 Å². The Kier molecular flexibility index (Phi) is 5.60. The summed E-state index contributed by atoms with van der Waals surface area (Å²) < 4.78 is 5.12. The lowest BCUT2D eigenvalue weighted by Gasteiger charge is -2.28. The van der Waals surface area contributed by atoms with Crippen LogP contribution in [0.3, 0.4) is 0 Å². The maximum atomic E-state index is 11.4. The number of amides is 1. The first-order valence-corrected chi connectivity index (χ1v) is 6.71. The van der Waals surface area contributed by atoms with Crippen LogP contribution < -0.4 is 10.6 Å². The lowest BCUT2D eigenvalue weighted by Crippen LogP contribution is -2.42. The van der Waals surface area contributed by atoms with Crippen LogP contribution in [0.15, 0.2) is 0 Å². The molecule has 0 aromatic heterocycles. The van der Waals surface area contributed by atoms with E-state index in [1.54, 1.807) is 0 Å². The maximum Gasteiger partial charge on any atom is 0.407 e. The van der Waals surface area contributed by atoms with Gasteiger partial charge in [-0.1, -0.05) is 0 Å². The molecule has 1 heterocycles. The molecule has 1 fully saturated rings. The Morgan fingerprint density at radius 3 is 2.68 bits per heavy atom. The zero-order chi connectivity index (χ0) is 14.5. The molecular weight excluding hydrogens is 248 g/mol. The first kappa shape index (κ1) is 15.8. The minimum Gasteiger partial charge on any atom is -0.481 e. The summed E-state index contributed by atoms with van der Waals surface area (Å²) in [6.07, 6.45) is 1.57. The van der Waals surface area contributed by atoms with Gasteiger partial charge in [-0.15, -0.1) is 0 Å². The van der Waals surface area contributed by atoms with Crippen LogP contribution in [0.25, 0.3) is 0 Å². The molecule has 1 saturated heterocycles. The first-order chi connectivity index (χ1) is 8.78. The third-order valence-electron chi connectivity index (χ3n) is 3.01. The van der Waals surface area contributed by atoms with Crippen molar-refractivity contribution >= 4 is 12.1 Å². The molecule has 2 atom stereocenters. The van der Waals surface area contributed by atoms with Crippen LogP contribution in [0.4, 0.5) is 4.79 Å². The zero-order valence-corrected chi connectivity index (χ0v) is 11.9. The number of carbonyl (C=O) groups is 2. The number of piperidine rings is 1. The van der Waals surface area contributed by atoms with Crippen LogP contribution in [-0.4, -0.2) is 41.9 Å². The highest BCUT2D eigenvalue weighted by atomic mass is 16.6. The molecule has 1 aliphatic rings. The van der Waals surface area contributed by atoms with E-state index in [-0.39, 0.29) is 12.0 Å². The molecule has 0 spiro atoms. The van der Waals surface area contributed by atoms with E-state index in [1.165, 1.54) is 0 Å². The van der Waals surface area contributed by atoms with Gasteiger partial charge in [0.2, 0.25) is 0 Å². The predicted octanol–water partition coefficient (Wildman–Crippen LogP) is 1.35. The molecule has 1 amide bonds. The number of carbonyl (C=O) groups excluding carboxylic acids is 1. The van der Waals surface area contributed by atoms with Crippen LogP contribution in [0.5, 0.6) is 0 Å². The van der Waals surface area contributed by atoms with Gasteiger partial charge in [0.25, 0.3) is 0 Å². The highest BCUT2D eigenvalue weighted by Crippen LogP contribution is 2.18. The minimum absolute atomic E-state index is 0.143. The van der Waals surface area contributed by atoms with Crippen LogP contribution >= 0.6 is 0 Å². The summed E-state index contributed by atoms with van der Waals surface area (Å²) in [5.74, 6) is -1.00. The standard InChI is InChI=1S/C13H24N2O4/c1-13(2,3)19-12(18)15-7-5-10-8-9(11(16)17)4-6-14-10/h9-10,14H,4-8H2,1-3H3,(H,15,18)(H,16,17). The number of alkyl carbamates (subject to hydrolysis) is 1. The summed E-state index contributed by atoms with van der Waals surface area (Å²) in [6, 6.07) is 0.143. The Balaban J connectivity index is 2.22. The number of nitrogens with one attached hydrogen (secondary N) is 2. The van der Waals surface area contributed by atoms with E-state index < -0.39 is 17.7 Å². The summed E-state index contributed by atoms with van der Waals surface area (Å²) in [5.41, 5.74) is -0.498. The highest BCUT2D eigenvalue weighted by Gasteiger charge is 2.26. The van der Waals surface area contributed by atoms with E-state index in [1.807, 2.05) is 20.8 Å². The quantitative estimate of drug-likeness (QED) is 0.719. The number of aliphatic carboxylic acids is 1. The lowest BCUT2D eigenvalue weighted by atomic mass is 9.91. The lowest BCUT2D eigenvalue weighted by molar-refractivity contribution is -0.143. The number of carboxylic acid groups (broad SMARTS) is 1. The van der Waals surface area contributed by atoms with Crippen LogP contribution in [0, 0.1) is 5.92 Å². The van der Waals surface area contributed by atoms with Gasteiger partial charge < -0.3 is 20.5 Å². The average Bonchev–Trinajstić information content (AvgIpc) is 2.27. The van der Waals surface area contributed by atoms with E-state index in [0.717, 1.165) is 0 Å². The van der Waals surface area contributed by atoms with Gasteiger partial charge in [0.05, 0.1) is 5.92 Å². The van der Waals surface area contributed by atoms with Gasteiger partial charge in [-0.25, -0.2) is 4.79 Å². The fourth-order valence-corrected chi connectivity index (χ4v) is 2.11. The van der Waals surface area contributed by atoms with Gasteiger partial charge in [-0.2, -0.15) is 0 Å². The molecule has 110 valence electrons. The van der Waals surface area contributed by atoms with Crippen molar-refractivity contribution < 1.29 is 19.4 Å². The van der Waals surface area contributed by atoms with Crippen molar-refractivity contribution in [3.05, 3.63) is 0 Å². The van der Waals surface area contributed by atoms with Crippen LogP contribution in [0.2, 0.25) is 0 Å². The SMILES string of the molecule is CC(C)(C)OC(=O)NCCC1CC(C(=O)O)CCN1. The number of hydrogen-bond acceptors (Lipinski definition) is 4. The Labute approximate surface area is 113 Å². The van der Waals surface area contributed by atoms with Crippen molar-refractivity contribution in [3.63, 3.8) is 0 Å². The molecule has 0 aromatic carbocycles. The van der Waals surface area contributed by atoms with Crippen molar-refractivity contribution in [2.24, 2.45) is 5.92 Å². The Morgan fingerprint density at radius 1 is 1.42 bits per heavy atom. The van der Waals surface area contributed by atoms with Gasteiger partial charge in [0.15, 0.2) is 0 Å². The van der Waals surface area contributed by atoms with Crippen molar-refractivity contribution in [3.8, 4) is 0 Å². The molecule has 0 bridgehead atoms. The van der Waals surface area contributed by atoms with Crippen LogP contribution in [0.1, 0.15) is 40.0 Å². The van der Waals surface area contributed by atoms with E-state index in [2.05, 4.69) is 10.6 Å². The average molecular weight is 272 g/mol. The van der Waals surface area contributed by atoms with E-state index in [0.29, 0.717) is 32.4 Å². The largest absolute Gasteiger partial charge is 0.481 e. The van der Waals surface area contributed by atoms with Gasteiger partial charge >= 0.3 is 12.1 Å². The summed E-state index contributed by atoms with van der Waals surface area (Å²) in [6.45, 7) is 6.64. The molecule has 0 radical (unpaired) electrons. The topological polar surface area (TPSA) is 87.7 Å². The minimum atomic E-state index is -0.730. The van der Waals surface area contributed by atoms with Gasteiger partial charge in [0.1, 0.15) is 5.60 Å². The number of ether oxygens (including phenoxy) is 1. The monoisotopic (exact) mass is 272 g/mol. The fourth-order valence-electron chi connectivity index (χ4n) is 2.11. The second-order valence-corrected chi connectivity index (χ2v) is 5.93. The third kappa shape index (κ3) is 6.42. The predicted molar refractivity (Wildman–Crippen MR) is 71.0 cm³/mol. The smallest absolute Gasteiger partial charge is 0.407 e. The molecule has 3 N–H and O–H groups in total. The van der Waals surface area contributed by atoms with Crippen molar-refractivity contribution in [1.29, 1.82) is 0 Å². The molecule has 1 rings (SSSR count). The molecule has 19 heavy (non-hydrogen) atoms. The first-order valence-electron chi connectivity index (χ1n) is 6.71. The van der Waals surface area contributed by atoms with Crippen molar-refractivity contribution in [2.75, 3.05) is 13.1 Å². The Hall–Kier alpha value is -1.30. The van der Waals surface area contributed by atoms with E-state index in [9.17, 15) is 9.59 Å². The van der Waals surface area contributed by atoms with Gasteiger partial charge in [-0.05, 0) is 46.6 Å². The molecule has 0 aromatic rings. The molecule has 6 nitrogen and oxygen atoms in total. The Bertz CT molecular complexity index is 325. The summed E-state index contributed by atoms with van der Waals surface area (Å²) >= 11 is 0. The molecule has 6 heteroatoms. The molecule has 2 unspecified atom stereocenters. The summed E-state index contributed by atoms with van der Waals surface area (Å²) in [7, 11) is 0. The maximum absolute atomic E-state index is 11.4. The molecule has 1 aliphatic heterocycles. The number of rotatable bonds is 4. The van der Waals surface area contributed by atoms with Gasteiger partial charge in [0, 0.05) is 12.6 Å². The Morgan fingerprint density at radius 2 is 2.11 bits per heavy atom. The third-order valence-corrected chi connectivity index (χ3v) is 3.01. The second-order valence-electron chi connectivity index (χ2n) is 5.93. The number of carboxylic acids is 1. The summed E-state index contributed by atoms with van der Waals surface area (Å²) in [4.78, 5) is 22.3.